The zero-order chi connectivity index (χ0) is 36.7. The fourth-order valence-corrected chi connectivity index (χ4v) is 4.92. The van der Waals surface area contributed by atoms with Crippen LogP contribution in [0, 0.1) is 0 Å². The average molecular weight is 704 g/mol. The molecule has 0 aliphatic carbocycles. The van der Waals surface area contributed by atoms with Gasteiger partial charge in [-0.3, -0.25) is 19.9 Å². The fraction of sp³-hybridized carbons (Fsp3) is 0.361. The maximum Gasteiger partial charge on any atom is 0.321 e. The van der Waals surface area contributed by atoms with E-state index in [1.807, 2.05) is 84.9 Å². The van der Waals surface area contributed by atoms with E-state index in [4.69, 9.17) is 26.7 Å². The number of nitrogens with two attached hydrogens (primary N) is 3. The van der Waals surface area contributed by atoms with Crippen LogP contribution in [0.4, 0.5) is 9.59 Å². The van der Waals surface area contributed by atoms with Crippen molar-refractivity contribution in [3.05, 3.63) is 107 Å². The summed E-state index contributed by atoms with van der Waals surface area (Å²) in [6, 6.07) is 24.0. The first-order chi connectivity index (χ1) is 24.8. The van der Waals surface area contributed by atoms with Gasteiger partial charge >= 0.3 is 12.1 Å². The SMILES string of the molecule is NCCOCCOCCNC(=O)NC(N)=NCCC[C@H](NC(=O)C(c1ccccc1)c1ccccc1)C(=O)NCc1ccc(CNC(N)=O)cc1. The molecule has 15 heteroatoms. The molecule has 51 heavy (non-hydrogen) atoms. The first kappa shape index (κ1) is 39.9. The van der Waals surface area contributed by atoms with Crippen LogP contribution in [0.2, 0.25) is 0 Å². The average Bonchev–Trinajstić information content (AvgIpc) is 3.13. The van der Waals surface area contributed by atoms with Crippen molar-refractivity contribution in [2.75, 3.05) is 46.1 Å². The predicted octanol–water partition coefficient (Wildman–Crippen LogP) is 1.17. The van der Waals surface area contributed by atoms with E-state index in [0.29, 0.717) is 39.4 Å². The van der Waals surface area contributed by atoms with Crippen LogP contribution >= 0.6 is 0 Å². The van der Waals surface area contributed by atoms with E-state index in [0.717, 1.165) is 22.3 Å². The second-order valence-corrected chi connectivity index (χ2v) is 11.4. The van der Waals surface area contributed by atoms with E-state index >= 15 is 0 Å². The lowest BCUT2D eigenvalue weighted by Gasteiger charge is -2.23. The molecule has 11 N–H and O–H groups in total. The van der Waals surface area contributed by atoms with E-state index < -0.39 is 24.0 Å². The zero-order valence-electron chi connectivity index (χ0n) is 28.6. The molecule has 0 saturated carbocycles. The van der Waals surface area contributed by atoms with Crippen LogP contribution in [0.3, 0.4) is 0 Å². The number of carbonyl (C=O) groups excluding carboxylic acids is 4. The number of nitrogens with zero attached hydrogens (tertiary/aromatic N) is 1. The van der Waals surface area contributed by atoms with Crippen LogP contribution in [0.1, 0.15) is 41.0 Å². The summed E-state index contributed by atoms with van der Waals surface area (Å²) < 4.78 is 10.6. The summed E-state index contributed by atoms with van der Waals surface area (Å²) >= 11 is 0. The first-order valence-electron chi connectivity index (χ1n) is 16.8. The zero-order valence-corrected chi connectivity index (χ0v) is 28.6. The lowest BCUT2D eigenvalue weighted by atomic mass is 9.90. The number of urea groups is 2. The van der Waals surface area contributed by atoms with Crippen LogP contribution in [0.5, 0.6) is 0 Å². The number of primary amides is 1. The molecule has 3 aromatic carbocycles. The molecule has 0 radical (unpaired) electrons. The molecule has 274 valence electrons. The highest BCUT2D eigenvalue weighted by Crippen LogP contribution is 2.25. The molecular weight excluding hydrogens is 654 g/mol. The van der Waals surface area contributed by atoms with E-state index in [-0.39, 0.29) is 50.4 Å². The number of hydrogen-bond acceptors (Lipinski definition) is 8. The molecule has 1 atom stereocenters. The van der Waals surface area contributed by atoms with Gasteiger partial charge < -0.3 is 47.9 Å². The largest absolute Gasteiger partial charge is 0.378 e. The Labute approximate surface area is 298 Å². The fourth-order valence-electron chi connectivity index (χ4n) is 4.92. The van der Waals surface area contributed by atoms with Crippen LogP contribution in [0.15, 0.2) is 89.9 Å². The van der Waals surface area contributed by atoms with Crippen molar-refractivity contribution in [1.82, 2.24) is 26.6 Å². The van der Waals surface area contributed by atoms with E-state index in [2.05, 4.69) is 31.6 Å². The smallest absolute Gasteiger partial charge is 0.321 e. The van der Waals surface area contributed by atoms with Gasteiger partial charge in [-0.05, 0) is 35.1 Å². The summed E-state index contributed by atoms with van der Waals surface area (Å²) in [7, 11) is 0. The van der Waals surface area contributed by atoms with Crippen molar-refractivity contribution in [3.8, 4) is 0 Å². The Kier molecular flexibility index (Phi) is 18.0. The second kappa shape index (κ2) is 23.0. The maximum atomic E-state index is 13.9. The van der Waals surface area contributed by atoms with Crippen LogP contribution in [-0.2, 0) is 32.2 Å². The topological polar surface area (TPSA) is 237 Å². The Morgan fingerprint density at radius 3 is 1.82 bits per heavy atom. The van der Waals surface area contributed by atoms with Gasteiger partial charge in [0.15, 0.2) is 5.96 Å². The Morgan fingerprint density at radius 2 is 1.25 bits per heavy atom. The molecule has 3 rings (SSSR count). The van der Waals surface area contributed by atoms with Crippen LogP contribution in [-0.4, -0.2) is 81.9 Å². The lowest BCUT2D eigenvalue weighted by Crippen LogP contribution is -2.48. The highest BCUT2D eigenvalue weighted by molar-refractivity contribution is 5.95. The number of aliphatic imine (C=N–C) groups is 1. The molecule has 0 spiro atoms. The number of hydrogen-bond donors (Lipinski definition) is 8. The molecular formula is C36H49N9O6. The molecule has 0 heterocycles. The number of amides is 6. The molecule has 0 aliphatic heterocycles. The number of rotatable bonds is 21. The van der Waals surface area contributed by atoms with Gasteiger partial charge in [0, 0.05) is 32.7 Å². The van der Waals surface area contributed by atoms with E-state index in [9.17, 15) is 19.2 Å². The van der Waals surface area contributed by atoms with E-state index in [1.165, 1.54) is 0 Å². The molecule has 0 bridgehead atoms. The minimum Gasteiger partial charge on any atom is -0.378 e. The summed E-state index contributed by atoms with van der Waals surface area (Å²) in [5.41, 5.74) is 19.7. The van der Waals surface area contributed by atoms with Gasteiger partial charge in [-0.25, -0.2) is 9.59 Å². The predicted molar refractivity (Wildman–Crippen MR) is 194 cm³/mol. The highest BCUT2D eigenvalue weighted by atomic mass is 16.5. The second-order valence-electron chi connectivity index (χ2n) is 11.4. The molecule has 15 nitrogen and oxygen atoms in total. The highest BCUT2D eigenvalue weighted by Gasteiger charge is 2.27. The molecule has 6 amide bonds. The lowest BCUT2D eigenvalue weighted by molar-refractivity contribution is -0.129. The quantitative estimate of drug-likeness (QED) is 0.0454. The van der Waals surface area contributed by atoms with Gasteiger partial charge in [0.2, 0.25) is 11.8 Å². The van der Waals surface area contributed by atoms with Crippen LogP contribution in [0.25, 0.3) is 0 Å². The van der Waals surface area contributed by atoms with Gasteiger partial charge in [-0.1, -0.05) is 84.9 Å². The summed E-state index contributed by atoms with van der Waals surface area (Å²) in [6.07, 6.45) is 0.631. The minimum atomic E-state index is -0.889. The van der Waals surface area contributed by atoms with Gasteiger partial charge in [-0.2, -0.15) is 0 Å². The van der Waals surface area contributed by atoms with Crippen molar-refractivity contribution in [1.29, 1.82) is 0 Å². The summed E-state index contributed by atoms with van der Waals surface area (Å²) in [5.74, 6) is -1.43. The monoisotopic (exact) mass is 703 g/mol. The normalized spacial score (nSPS) is 11.8. The molecule has 0 aliphatic rings. The molecule has 0 saturated heterocycles. The van der Waals surface area contributed by atoms with Crippen molar-refractivity contribution in [2.45, 2.75) is 37.9 Å². The first-order valence-corrected chi connectivity index (χ1v) is 16.8. The Balaban J connectivity index is 1.60. The third-order valence-corrected chi connectivity index (χ3v) is 7.46. The van der Waals surface area contributed by atoms with E-state index in [1.54, 1.807) is 0 Å². The van der Waals surface area contributed by atoms with Crippen molar-refractivity contribution < 1.29 is 28.7 Å². The third kappa shape index (κ3) is 15.7. The van der Waals surface area contributed by atoms with Gasteiger partial charge in [0.25, 0.3) is 0 Å². The number of benzene rings is 3. The van der Waals surface area contributed by atoms with Gasteiger partial charge in [0.05, 0.1) is 32.3 Å². The number of carbonyl (C=O) groups is 4. The van der Waals surface area contributed by atoms with Crippen LogP contribution < -0.4 is 43.8 Å². The van der Waals surface area contributed by atoms with Crippen molar-refractivity contribution >= 4 is 29.8 Å². The van der Waals surface area contributed by atoms with Gasteiger partial charge in [-0.15, -0.1) is 0 Å². The minimum absolute atomic E-state index is 0.0867. The Morgan fingerprint density at radius 1 is 0.686 bits per heavy atom. The summed E-state index contributed by atoms with van der Waals surface area (Å²) in [6.45, 7) is 2.96. The summed E-state index contributed by atoms with van der Waals surface area (Å²) in [4.78, 5) is 54.8. The Hall–Kier alpha value is -5.51. The maximum absolute atomic E-state index is 13.9. The summed E-state index contributed by atoms with van der Waals surface area (Å²) in [5, 5.41) is 13.5. The molecule has 0 unspecified atom stereocenters. The molecule has 3 aromatic rings. The molecule has 0 fully saturated rings. The van der Waals surface area contributed by atoms with Crippen molar-refractivity contribution in [2.24, 2.45) is 22.2 Å². The number of nitrogens with one attached hydrogen (secondary N) is 5. The van der Waals surface area contributed by atoms with Crippen molar-refractivity contribution in [3.63, 3.8) is 0 Å². The number of ether oxygens (including phenoxy) is 2. The van der Waals surface area contributed by atoms with Gasteiger partial charge in [0.1, 0.15) is 6.04 Å². The molecule has 0 aromatic heterocycles. The number of guanidine groups is 1. The Bertz CT molecular complexity index is 1490. The third-order valence-electron chi connectivity index (χ3n) is 7.46. The standard InChI is InChI=1S/C36H49N9O6/c37-17-20-50-22-23-51-21-19-41-36(49)45-34(38)40-18-7-12-30(32(46)42-24-26-13-15-27(16-14-26)25-43-35(39)48)44-33(47)31(28-8-3-1-4-9-28)29-10-5-2-6-11-29/h1-6,8-11,13-16,30-31H,7,12,17-25,37H2,(H,42,46)(H,44,47)(H3,39,43,48)(H4,38,40,41,45,49)/t30-/m0/s1.